The second kappa shape index (κ2) is 11.0. The van der Waals surface area contributed by atoms with Crippen molar-refractivity contribution in [1.82, 2.24) is 26.3 Å². The molecule has 4 aliphatic rings. The van der Waals surface area contributed by atoms with Gasteiger partial charge in [-0.05, 0) is 75.6 Å². The quantitative estimate of drug-likeness (QED) is 0.383. The highest BCUT2D eigenvalue weighted by atomic mass is 32.2. The Hall–Kier alpha value is -3.83. The molecule has 4 amide bonds. The second-order valence-electron chi connectivity index (χ2n) is 10.5. The van der Waals surface area contributed by atoms with Crippen LogP contribution in [0, 0.1) is 12.8 Å². The lowest BCUT2D eigenvalue weighted by molar-refractivity contribution is -0.119. The van der Waals surface area contributed by atoms with Crippen molar-refractivity contribution in [1.29, 1.82) is 0 Å². The highest BCUT2D eigenvalue weighted by Gasteiger charge is 2.52. The highest BCUT2D eigenvalue weighted by molar-refractivity contribution is 8.04. The average molecular weight is 561 g/mol. The second-order valence-corrected chi connectivity index (χ2v) is 11.6. The molecule has 3 fully saturated rings. The molecule has 2 aromatic rings. The van der Waals surface area contributed by atoms with E-state index in [1.54, 1.807) is 11.0 Å². The number of aromatic nitrogens is 1. The predicted octanol–water partition coefficient (Wildman–Crippen LogP) is 3.31. The molecule has 5 atom stereocenters. The fraction of sp³-hybridized carbons (Fsp3) is 0.379. The molecule has 1 aromatic heterocycles. The van der Waals surface area contributed by atoms with Gasteiger partial charge in [-0.15, -0.1) is 0 Å². The Labute approximate surface area is 237 Å². The Bertz CT molecular complexity index is 1380. The summed E-state index contributed by atoms with van der Waals surface area (Å²) < 4.78 is 5.89. The molecule has 10 nitrogen and oxygen atoms in total. The number of hydrogen-bond acceptors (Lipinski definition) is 7. The summed E-state index contributed by atoms with van der Waals surface area (Å²) in [5.74, 6) is 0.643. The molecule has 0 spiro atoms. The summed E-state index contributed by atoms with van der Waals surface area (Å²) in [5, 5.41) is 12.6. The van der Waals surface area contributed by atoms with Gasteiger partial charge in [-0.3, -0.25) is 14.5 Å². The molecule has 2 saturated heterocycles. The minimum Gasteiger partial charge on any atom is -0.439 e. The van der Waals surface area contributed by atoms with Crippen LogP contribution in [0.2, 0.25) is 0 Å². The molecule has 11 heteroatoms. The molecular formula is C29H32N6O4S. The molecule has 208 valence electrons. The maximum atomic E-state index is 13.5. The summed E-state index contributed by atoms with van der Waals surface area (Å²) in [6, 6.07) is 12.4. The molecule has 1 saturated carbocycles. The number of amides is 4. The van der Waals surface area contributed by atoms with E-state index < -0.39 is 0 Å². The van der Waals surface area contributed by atoms with Crippen LogP contribution in [0.25, 0.3) is 0 Å². The first-order chi connectivity index (χ1) is 19.4. The van der Waals surface area contributed by atoms with Crippen LogP contribution in [0.1, 0.15) is 31.4 Å². The van der Waals surface area contributed by atoms with E-state index in [0.717, 1.165) is 43.6 Å². The molecule has 0 bridgehead atoms. The highest BCUT2D eigenvalue weighted by Crippen LogP contribution is 2.48. The number of carbonyl (C=O) groups is 3. The van der Waals surface area contributed by atoms with Crippen molar-refractivity contribution < 1.29 is 19.1 Å². The van der Waals surface area contributed by atoms with Crippen LogP contribution in [0.4, 0.5) is 10.5 Å². The molecule has 4 N–H and O–H groups in total. The van der Waals surface area contributed by atoms with Crippen LogP contribution >= 0.6 is 11.8 Å². The minimum absolute atomic E-state index is 0.0209. The molecule has 1 aliphatic carbocycles. The van der Waals surface area contributed by atoms with Gasteiger partial charge in [-0.1, -0.05) is 24.4 Å². The fourth-order valence-electron chi connectivity index (χ4n) is 6.07. The predicted molar refractivity (Wildman–Crippen MR) is 153 cm³/mol. The van der Waals surface area contributed by atoms with Crippen LogP contribution in [-0.2, 0) is 9.59 Å². The number of ether oxygens (including phenoxy) is 1. The van der Waals surface area contributed by atoms with E-state index in [9.17, 15) is 14.4 Å². The smallest absolute Gasteiger partial charge is 0.326 e. The summed E-state index contributed by atoms with van der Waals surface area (Å²) in [6.07, 6.45) is 4.51. The average Bonchev–Trinajstić information content (AvgIpc) is 3.54. The first-order valence-electron chi connectivity index (χ1n) is 13.6. The monoisotopic (exact) mass is 560 g/mol. The van der Waals surface area contributed by atoms with E-state index in [4.69, 9.17) is 4.74 Å². The third-order valence-electron chi connectivity index (χ3n) is 7.89. The number of aryl methyl sites for hydroxylation is 1. The zero-order chi connectivity index (χ0) is 27.8. The van der Waals surface area contributed by atoms with E-state index in [2.05, 4.69) is 32.8 Å². The summed E-state index contributed by atoms with van der Waals surface area (Å²) >= 11 is 1.47. The van der Waals surface area contributed by atoms with Gasteiger partial charge in [0.25, 0.3) is 5.91 Å². The summed E-state index contributed by atoms with van der Waals surface area (Å²) in [7, 11) is 0. The van der Waals surface area contributed by atoms with Gasteiger partial charge < -0.3 is 26.0 Å². The normalized spacial score (nSPS) is 27.1. The van der Waals surface area contributed by atoms with Crippen molar-refractivity contribution >= 4 is 35.3 Å². The summed E-state index contributed by atoms with van der Waals surface area (Å²) in [4.78, 5) is 45.5. The van der Waals surface area contributed by atoms with Gasteiger partial charge in [-0.25, -0.2) is 9.78 Å². The van der Waals surface area contributed by atoms with Crippen LogP contribution in [0.5, 0.6) is 11.6 Å². The zero-order valence-corrected chi connectivity index (χ0v) is 23.0. The van der Waals surface area contributed by atoms with Gasteiger partial charge in [0.1, 0.15) is 5.75 Å². The van der Waals surface area contributed by atoms with Crippen LogP contribution in [0.3, 0.4) is 0 Å². The van der Waals surface area contributed by atoms with Gasteiger partial charge in [0, 0.05) is 41.1 Å². The SMILES string of the molecule is C=CC(=O)N[C@H]1CCC[C@H]1NC(=O)C1=C2NC(=O)N(c3ccc(Oc4cccc(C)n4)cc3)C3CCNC(S1)C23. The van der Waals surface area contributed by atoms with Gasteiger partial charge in [-0.2, -0.15) is 0 Å². The Kier molecular flexibility index (Phi) is 7.24. The van der Waals surface area contributed by atoms with Gasteiger partial charge in [0.05, 0.1) is 16.3 Å². The lowest BCUT2D eigenvalue weighted by Crippen LogP contribution is -2.62. The van der Waals surface area contributed by atoms with Gasteiger partial charge in [0.2, 0.25) is 11.8 Å². The number of nitrogens with one attached hydrogen (secondary N) is 4. The number of rotatable bonds is 7. The Balaban J connectivity index is 1.19. The number of carbonyl (C=O) groups excluding carboxylic acids is 3. The lowest BCUT2D eigenvalue weighted by Gasteiger charge is -2.45. The van der Waals surface area contributed by atoms with E-state index in [0.29, 0.717) is 22.2 Å². The number of anilines is 1. The van der Waals surface area contributed by atoms with Crippen molar-refractivity contribution in [3.05, 3.63) is 71.4 Å². The van der Waals surface area contributed by atoms with Crippen molar-refractivity contribution in [2.45, 2.75) is 56.1 Å². The molecule has 1 aromatic carbocycles. The van der Waals surface area contributed by atoms with Gasteiger partial charge >= 0.3 is 6.03 Å². The third-order valence-corrected chi connectivity index (χ3v) is 9.25. The maximum absolute atomic E-state index is 13.5. The van der Waals surface area contributed by atoms with Crippen LogP contribution < -0.4 is 30.9 Å². The number of urea groups is 1. The number of benzene rings is 1. The Morgan fingerprint density at radius 3 is 2.65 bits per heavy atom. The molecule has 3 unspecified atom stereocenters. The Morgan fingerprint density at radius 2 is 1.90 bits per heavy atom. The number of hydrogen-bond donors (Lipinski definition) is 4. The number of thioether (sulfide) groups is 1. The van der Waals surface area contributed by atoms with Crippen molar-refractivity contribution in [2.24, 2.45) is 5.92 Å². The van der Waals surface area contributed by atoms with Crippen LogP contribution in [-0.4, -0.2) is 52.9 Å². The van der Waals surface area contributed by atoms with Crippen molar-refractivity contribution in [2.75, 3.05) is 11.4 Å². The topological polar surface area (TPSA) is 125 Å². The van der Waals surface area contributed by atoms with Gasteiger partial charge in [0.15, 0.2) is 0 Å². The fourth-order valence-corrected chi connectivity index (χ4v) is 7.47. The number of piperidine rings is 1. The maximum Gasteiger partial charge on any atom is 0.326 e. The lowest BCUT2D eigenvalue weighted by atomic mass is 9.86. The van der Waals surface area contributed by atoms with Crippen molar-refractivity contribution in [3.63, 3.8) is 0 Å². The first-order valence-corrected chi connectivity index (χ1v) is 14.5. The largest absolute Gasteiger partial charge is 0.439 e. The zero-order valence-electron chi connectivity index (χ0n) is 22.2. The number of nitrogens with zero attached hydrogens (tertiary/aromatic N) is 2. The number of pyridine rings is 1. The molecule has 4 heterocycles. The Morgan fingerprint density at radius 1 is 1.12 bits per heavy atom. The molecular weight excluding hydrogens is 528 g/mol. The van der Waals surface area contributed by atoms with E-state index in [1.807, 2.05) is 43.3 Å². The molecule has 3 aliphatic heterocycles. The molecule has 40 heavy (non-hydrogen) atoms. The van der Waals surface area contributed by atoms with Crippen molar-refractivity contribution in [3.8, 4) is 11.6 Å². The molecule has 0 radical (unpaired) electrons. The standard InChI is InChI=1S/C29H32N6O4S/c1-3-22(36)32-19-7-5-8-20(19)33-27(37)26-25-24-21(14-15-30-28(24)40-26)35(29(38)34-25)17-10-12-18(13-11-17)39-23-9-4-6-16(2)31-23/h3-4,6,9-13,19-21,24,28,30H,1,5,7-8,14-15H2,2H3,(H,32,36)(H,33,37)(H,34,38)/t19-,20+,21?,24?,28?/m0/s1. The first kappa shape index (κ1) is 26.4. The van der Waals surface area contributed by atoms with E-state index in [-0.39, 0.29) is 47.3 Å². The summed E-state index contributed by atoms with van der Waals surface area (Å²) in [6.45, 7) is 6.16. The van der Waals surface area contributed by atoms with E-state index in [1.165, 1.54) is 17.8 Å². The minimum atomic E-state index is -0.254. The summed E-state index contributed by atoms with van der Waals surface area (Å²) in [5.41, 5.74) is 2.32. The molecule has 6 rings (SSSR count). The van der Waals surface area contributed by atoms with Crippen LogP contribution in [0.15, 0.2) is 65.7 Å². The third kappa shape index (κ3) is 5.06. The van der Waals surface area contributed by atoms with E-state index >= 15 is 0 Å².